The zero-order chi connectivity index (χ0) is 24.1. The first-order chi connectivity index (χ1) is 16.4. The zero-order valence-electron chi connectivity index (χ0n) is 22.0. The summed E-state index contributed by atoms with van der Waals surface area (Å²) in [6.45, 7) is 19.2. The number of piperazine rings is 1. The van der Waals surface area contributed by atoms with E-state index in [0.29, 0.717) is 0 Å². The summed E-state index contributed by atoms with van der Waals surface area (Å²) >= 11 is 0. The molecule has 34 heavy (non-hydrogen) atoms. The molecule has 0 radical (unpaired) electrons. The summed E-state index contributed by atoms with van der Waals surface area (Å²) in [5, 5.41) is 0. The minimum atomic E-state index is 0.808. The molecule has 1 aromatic carbocycles. The van der Waals surface area contributed by atoms with Gasteiger partial charge in [-0.2, -0.15) is 0 Å². The van der Waals surface area contributed by atoms with Crippen LogP contribution in [0, 0.1) is 19.8 Å². The number of rotatable bonds is 10. The second-order valence-electron chi connectivity index (χ2n) is 10.5. The highest BCUT2D eigenvalue weighted by molar-refractivity contribution is 5.76. The van der Waals surface area contributed by atoms with Gasteiger partial charge in [-0.3, -0.25) is 0 Å². The molecule has 1 aliphatic rings. The molecule has 0 amide bonds. The number of benzene rings is 1. The van der Waals surface area contributed by atoms with Crippen molar-refractivity contribution in [1.29, 1.82) is 0 Å². The van der Waals surface area contributed by atoms with Crippen molar-refractivity contribution in [3.8, 4) is 0 Å². The van der Waals surface area contributed by atoms with E-state index in [4.69, 9.17) is 9.97 Å². The molecular formula is C29H43N5. The highest BCUT2D eigenvalue weighted by Crippen LogP contribution is 2.21. The minimum absolute atomic E-state index is 0.808. The van der Waals surface area contributed by atoms with Crippen molar-refractivity contribution >= 4 is 11.2 Å². The lowest BCUT2D eigenvalue weighted by molar-refractivity contribution is 0.127. The Balaban J connectivity index is 1.28. The Bertz CT molecular complexity index is 1060. The fraction of sp³-hybridized carbons (Fsp3) is 0.586. The molecule has 0 aliphatic carbocycles. The van der Waals surface area contributed by atoms with Gasteiger partial charge in [-0.25, -0.2) is 9.97 Å². The first kappa shape index (κ1) is 24.9. The van der Waals surface area contributed by atoms with Crippen LogP contribution in [-0.2, 0) is 19.4 Å². The second kappa shape index (κ2) is 11.5. The highest BCUT2D eigenvalue weighted by atomic mass is 15.3. The molecule has 3 aromatic rings. The molecule has 0 spiro atoms. The maximum absolute atomic E-state index is 4.89. The number of hydrogen-bond donors (Lipinski definition) is 0. The third kappa shape index (κ3) is 6.25. The molecule has 5 nitrogen and oxygen atoms in total. The van der Waals surface area contributed by atoms with Crippen molar-refractivity contribution in [3.05, 3.63) is 58.5 Å². The van der Waals surface area contributed by atoms with E-state index in [0.717, 1.165) is 48.0 Å². The molecule has 1 aliphatic heterocycles. The van der Waals surface area contributed by atoms with Crippen molar-refractivity contribution in [3.63, 3.8) is 0 Å². The van der Waals surface area contributed by atoms with Gasteiger partial charge in [0.15, 0.2) is 5.65 Å². The topological polar surface area (TPSA) is 37.2 Å². The minimum Gasteiger partial charge on any atom is -0.308 e. The van der Waals surface area contributed by atoms with Crippen LogP contribution in [-0.4, -0.2) is 63.6 Å². The number of nitrogens with zero attached hydrogens (tertiary/aromatic N) is 5. The van der Waals surface area contributed by atoms with Gasteiger partial charge in [0.2, 0.25) is 0 Å². The van der Waals surface area contributed by atoms with Crippen molar-refractivity contribution in [1.82, 2.24) is 24.3 Å². The Hall–Kier alpha value is -2.24. The maximum atomic E-state index is 4.89. The molecule has 5 heteroatoms. The van der Waals surface area contributed by atoms with Crippen LogP contribution in [0.5, 0.6) is 0 Å². The van der Waals surface area contributed by atoms with Crippen molar-refractivity contribution in [2.75, 3.05) is 39.3 Å². The van der Waals surface area contributed by atoms with E-state index in [1.165, 1.54) is 68.8 Å². The molecule has 3 heterocycles. The third-order valence-electron chi connectivity index (χ3n) is 7.21. The molecule has 0 saturated carbocycles. The van der Waals surface area contributed by atoms with Gasteiger partial charge in [-0.15, -0.1) is 0 Å². The SMILES string of the molecule is CCc1nc2c(C)cc(C)nc2n1Cc1ccc(CCCN2CCN(CCC(C)C)CC2)cc1. The van der Waals surface area contributed by atoms with E-state index in [1.54, 1.807) is 0 Å². The van der Waals surface area contributed by atoms with E-state index in [-0.39, 0.29) is 0 Å². The van der Waals surface area contributed by atoms with Crippen LogP contribution in [0.2, 0.25) is 0 Å². The predicted molar refractivity (Wildman–Crippen MR) is 143 cm³/mol. The average Bonchev–Trinajstić information content (AvgIpc) is 3.17. The van der Waals surface area contributed by atoms with Gasteiger partial charge in [0.1, 0.15) is 11.3 Å². The fourth-order valence-corrected chi connectivity index (χ4v) is 5.06. The Morgan fingerprint density at radius 2 is 1.53 bits per heavy atom. The van der Waals surface area contributed by atoms with Crippen molar-refractivity contribution in [2.24, 2.45) is 5.92 Å². The summed E-state index contributed by atoms with van der Waals surface area (Å²) in [4.78, 5) is 15.0. The number of aryl methyl sites for hydroxylation is 4. The number of hydrogen-bond acceptors (Lipinski definition) is 4. The molecule has 4 rings (SSSR count). The van der Waals surface area contributed by atoms with Crippen molar-refractivity contribution in [2.45, 2.75) is 66.8 Å². The number of imidazole rings is 1. The Morgan fingerprint density at radius 1 is 0.882 bits per heavy atom. The zero-order valence-corrected chi connectivity index (χ0v) is 22.0. The smallest absolute Gasteiger partial charge is 0.160 e. The van der Waals surface area contributed by atoms with Gasteiger partial charge in [0.25, 0.3) is 0 Å². The lowest BCUT2D eigenvalue weighted by atomic mass is 10.1. The summed E-state index contributed by atoms with van der Waals surface area (Å²) in [5.74, 6) is 1.92. The summed E-state index contributed by atoms with van der Waals surface area (Å²) in [5.41, 5.74) is 7.08. The largest absolute Gasteiger partial charge is 0.308 e. The summed E-state index contributed by atoms with van der Waals surface area (Å²) in [7, 11) is 0. The molecule has 2 aromatic heterocycles. The lowest BCUT2D eigenvalue weighted by Crippen LogP contribution is -2.46. The van der Waals surface area contributed by atoms with Gasteiger partial charge >= 0.3 is 0 Å². The van der Waals surface area contributed by atoms with Gasteiger partial charge in [-0.1, -0.05) is 45.0 Å². The molecular weight excluding hydrogens is 418 g/mol. The third-order valence-corrected chi connectivity index (χ3v) is 7.21. The van der Waals surface area contributed by atoms with E-state index >= 15 is 0 Å². The molecule has 1 saturated heterocycles. The van der Waals surface area contributed by atoms with Crippen LogP contribution in [0.1, 0.15) is 61.8 Å². The van der Waals surface area contributed by atoms with Gasteiger partial charge in [-0.05, 0) is 74.9 Å². The monoisotopic (exact) mass is 461 g/mol. The lowest BCUT2D eigenvalue weighted by Gasteiger charge is -2.35. The molecule has 0 atom stereocenters. The van der Waals surface area contributed by atoms with Crippen LogP contribution >= 0.6 is 0 Å². The van der Waals surface area contributed by atoms with Crippen molar-refractivity contribution < 1.29 is 0 Å². The van der Waals surface area contributed by atoms with Crippen LogP contribution in [0.3, 0.4) is 0 Å². The molecule has 0 bridgehead atoms. The molecule has 0 unspecified atom stereocenters. The van der Waals surface area contributed by atoms with Crippen LogP contribution in [0.4, 0.5) is 0 Å². The summed E-state index contributed by atoms with van der Waals surface area (Å²) in [6.07, 6.45) is 4.63. The van der Waals surface area contributed by atoms with E-state index in [2.05, 4.69) is 79.3 Å². The quantitative estimate of drug-likeness (QED) is 0.413. The maximum Gasteiger partial charge on any atom is 0.160 e. The molecule has 184 valence electrons. The number of pyridine rings is 1. The van der Waals surface area contributed by atoms with Gasteiger partial charge < -0.3 is 14.4 Å². The predicted octanol–water partition coefficient (Wildman–Crippen LogP) is 5.26. The number of aromatic nitrogens is 3. The first-order valence-electron chi connectivity index (χ1n) is 13.3. The Labute approximate surface area is 206 Å². The van der Waals surface area contributed by atoms with Gasteiger partial charge in [0.05, 0.1) is 6.54 Å². The van der Waals surface area contributed by atoms with Gasteiger partial charge in [0, 0.05) is 38.3 Å². The van der Waals surface area contributed by atoms with E-state index < -0.39 is 0 Å². The number of fused-ring (bicyclic) bond motifs is 1. The summed E-state index contributed by atoms with van der Waals surface area (Å²) < 4.78 is 2.30. The summed E-state index contributed by atoms with van der Waals surface area (Å²) in [6, 6.07) is 11.3. The van der Waals surface area contributed by atoms with Crippen LogP contribution in [0.15, 0.2) is 30.3 Å². The second-order valence-corrected chi connectivity index (χ2v) is 10.5. The van der Waals surface area contributed by atoms with E-state index in [9.17, 15) is 0 Å². The Morgan fingerprint density at radius 3 is 2.18 bits per heavy atom. The molecule has 0 N–H and O–H groups in total. The van der Waals surface area contributed by atoms with Crippen LogP contribution < -0.4 is 0 Å². The first-order valence-corrected chi connectivity index (χ1v) is 13.3. The standard InChI is InChI=1S/C29H43N5/c1-6-27-31-28-23(4)20-24(5)30-29(28)34(27)21-26-11-9-25(10-12-26)8-7-14-32-16-18-33(19-17-32)15-13-22(2)3/h9-12,20,22H,6-8,13-19,21H2,1-5H3. The average molecular weight is 462 g/mol. The highest BCUT2D eigenvalue weighted by Gasteiger charge is 2.17. The van der Waals surface area contributed by atoms with Crippen LogP contribution in [0.25, 0.3) is 11.2 Å². The normalized spacial score (nSPS) is 15.6. The Kier molecular flexibility index (Phi) is 8.38. The fourth-order valence-electron chi connectivity index (χ4n) is 5.06. The molecule has 1 fully saturated rings. The van der Waals surface area contributed by atoms with E-state index in [1.807, 2.05) is 0 Å².